The highest BCUT2D eigenvalue weighted by Crippen LogP contribution is 2.13. The summed E-state index contributed by atoms with van der Waals surface area (Å²) in [5.41, 5.74) is 0. The second-order valence-corrected chi connectivity index (χ2v) is 8.49. The monoisotopic (exact) mass is 412 g/mol. The zero-order chi connectivity index (χ0) is 20.5. The lowest BCUT2D eigenvalue weighted by atomic mass is 10.0. The van der Waals surface area contributed by atoms with Crippen LogP contribution in [-0.2, 0) is 9.53 Å². The molecule has 2 nitrogen and oxygen atoms in total. The molecule has 0 amide bonds. The number of carbonyl (C=O) groups is 1. The van der Waals surface area contributed by atoms with Crippen LogP contribution in [0.3, 0.4) is 0 Å². The number of hydrogen-bond acceptors (Lipinski definition) is 3. The van der Waals surface area contributed by atoms with Crippen molar-refractivity contribution >= 4 is 18.6 Å². The van der Waals surface area contributed by atoms with Crippen molar-refractivity contribution in [1.82, 2.24) is 0 Å². The second-order valence-electron chi connectivity index (χ2n) is 8.05. The van der Waals surface area contributed by atoms with Gasteiger partial charge in [0.2, 0.25) is 0 Å². The summed E-state index contributed by atoms with van der Waals surface area (Å²) in [7, 11) is 0. The van der Waals surface area contributed by atoms with E-state index in [1.54, 1.807) is 0 Å². The normalized spacial score (nSPS) is 11.4. The molecule has 0 atom stereocenters. The van der Waals surface area contributed by atoms with Crippen LogP contribution < -0.4 is 0 Å². The second kappa shape index (κ2) is 24.6. The molecule has 0 fully saturated rings. The van der Waals surface area contributed by atoms with Crippen LogP contribution >= 0.6 is 12.6 Å². The maximum Gasteiger partial charge on any atom is 0.305 e. The molecule has 0 saturated carbocycles. The zero-order valence-electron chi connectivity index (χ0n) is 18.8. The van der Waals surface area contributed by atoms with Crippen molar-refractivity contribution in [3.63, 3.8) is 0 Å². The average molecular weight is 413 g/mol. The Morgan fingerprint density at radius 1 is 0.679 bits per heavy atom. The molecule has 3 heteroatoms. The summed E-state index contributed by atoms with van der Waals surface area (Å²) in [5, 5.41) is 0. The van der Waals surface area contributed by atoms with Gasteiger partial charge < -0.3 is 4.74 Å². The fourth-order valence-corrected chi connectivity index (χ4v) is 3.56. The number of allylic oxidation sites excluding steroid dienone is 2. The lowest BCUT2D eigenvalue weighted by Crippen LogP contribution is -2.05. The zero-order valence-corrected chi connectivity index (χ0v) is 19.7. The minimum atomic E-state index is -0.0927. The van der Waals surface area contributed by atoms with Crippen LogP contribution in [0.5, 0.6) is 0 Å². The van der Waals surface area contributed by atoms with E-state index < -0.39 is 0 Å². The summed E-state index contributed by atoms with van der Waals surface area (Å²) in [4.78, 5) is 11.3. The third-order valence-electron chi connectivity index (χ3n) is 5.25. The fourth-order valence-electron chi connectivity index (χ4n) is 3.47. The van der Waals surface area contributed by atoms with Crippen molar-refractivity contribution in [1.29, 1.82) is 0 Å². The van der Waals surface area contributed by atoms with Crippen molar-refractivity contribution < 1.29 is 9.53 Å². The number of carbonyl (C=O) groups excluding carboxylic acids is 1. The van der Waals surface area contributed by atoms with E-state index in [1.165, 1.54) is 103 Å². The summed E-state index contributed by atoms with van der Waals surface area (Å²) in [6, 6.07) is 0. The van der Waals surface area contributed by atoms with Crippen LogP contribution in [0.25, 0.3) is 0 Å². The molecule has 28 heavy (non-hydrogen) atoms. The van der Waals surface area contributed by atoms with Gasteiger partial charge in [-0.05, 0) is 25.7 Å². The highest BCUT2D eigenvalue weighted by Gasteiger charge is 2.00. The molecule has 166 valence electrons. The molecule has 0 aromatic rings. The third kappa shape index (κ3) is 23.6. The van der Waals surface area contributed by atoms with Crippen LogP contribution in [0.15, 0.2) is 12.2 Å². The van der Waals surface area contributed by atoms with Crippen LogP contribution in [0.4, 0.5) is 0 Å². The Balaban J connectivity index is 3.12. The average Bonchev–Trinajstić information content (AvgIpc) is 2.70. The molecular weight excluding hydrogens is 364 g/mol. The Labute approximate surface area is 181 Å². The van der Waals surface area contributed by atoms with Gasteiger partial charge in [-0.15, -0.1) is 0 Å². The molecule has 0 unspecified atom stereocenters. The van der Waals surface area contributed by atoms with Gasteiger partial charge in [0, 0.05) is 12.2 Å². The molecule has 0 rings (SSSR count). The topological polar surface area (TPSA) is 26.3 Å². The van der Waals surface area contributed by atoms with E-state index in [2.05, 4.69) is 31.7 Å². The van der Waals surface area contributed by atoms with Gasteiger partial charge in [-0.25, -0.2) is 0 Å². The maximum absolute atomic E-state index is 11.3. The third-order valence-corrected chi connectivity index (χ3v) is 5.43. The lowest BCUT2D eigenvalue weighted by Gasteiger charge is -2.03. The quantitative estimate of drug-likeness (QED) is 0.0835. The molecule has 0 aromatic carbocycles. The Hall–Kier alpha value is -0.440. The van der Waals surface area contributed by atoms with Crippen molar-refractivity contribution in [3.8, 4) is 0 Å². The molecule has 0 spiro atoms. The Morgan fingerprint density at radius 3 is 1.57 bits per heavy atom. The molecule has 0 heterocycles. The largest absolute Gasteiger partial charge is 0.465 e. The van der Waals surface area contributed by atoms with E-state index >= 15 is 0 Å². The predicted molar refractivity (Wildman–Crippen MR) is 127 cm³/mol. The molecule has 0 saturated heterocycles. The van der Waals surface area contributed by atoms with Crippen molar-refractivity contribution in [2.24, 2.45) is 0 Å². The molecule has 0 aliphatic rings. The number of hydrogen-bond donors (Lipinski definition) is 1. The Bertz CT molecular complexity index is 341. The first-order valence-electron chi connectivity index (χ1n) is 12.2. The summed E-state index contributed by atoms with van der Waals surface area (Å²) >= 11 is 4.02. The first-order chi connectivity index (χ1) is 13.8. The van der Waals surface area contributed by atoms with E-state index in [4.69, 9.17) is 4.74 Å². The fraction of sp³-hybridized carbons (Fsp3) is 0.880. The van der Waals surface area contributed by atoms with Gasteiger partial charge in [-0.3, -0.25) is 4.79 Å². The lowest BCUT2D eigenvalue weighted by molar-refractivity contribution is -0.143. The van der Waals surface area contributed by atoms with Gasteiger partial charge in [-0.1, -0.05) is 109 Å². The van der Waals surface area contributed by atoms with E-state index in [-0.39, 0.29) is 5.97 Å². The summed E-state index contributed by atoms with van der Waals surface area (Å²) in [6.07, 6.45) is 29.3. The number of ether oxygens (including phenoxy) is 1. The summed E-state index contributed by atoms with van der Waals surface area (Å²) < 4.78 is 4.99. The van der Waals surface area contributed by atoms with Gasteiger partial charge >= 0.3 is 5.97 Å². The van der Waals surface area contributed by atoms with Crippen molar-refractivity contribution in [2.75, 3.05) is 12.4 Å². The van der Waals surface area contributed by atoms with E-state index in [0.29, 0.717) is 18.8 Å². The van der Waals surface area contributed by atoms with Crippen LogP contribution in [0, 0.1) is 0 Å². The number of unbranched alkanes of at least 4 members (excludes halogenated alkanes) is 16. The van der Waals surface area contributed by atoms with Crippen LogP contribution in [0.1, 0.15) is 129 Å². The molecule has 0 radical (unpaired) electrons. The summed E-state index contributed by atoms with van der Waals surface area (Å²) in [5.74, 6) is 0.509. The molecule has 0 aromatic heterocycles. The van der Waals surface area contributed by atoms with E-state index in [9.17, 15) is 4.79 Å². The minimum Gasteiger partial charge on any atom is -0.465 e. The first-order valence-corrected chi connectivity index (χ1v) is 12.9. The molecule has 0 bridgehead atoms. The highest BCUT2D eigenvalue weighted by atomic mass is 32.1. The number of esters is 1. The van der Waals surface area contributed by atoms with E-state index in [0.717, 1.165) is 12.8 Å². The molecular formula is C25H48O2S. The van der Waals surface area contributed by atoms with E-state index in [1.807, 2.05) is 0 Å². The van der Waals surface area contributed by atoms with Gasteiger partial charge in [0.05, 0.1) is 0 Å². The van der Waals surface area contributed by atoms with Crippen molar-refractivity contribution in [3.05, 3.63) is 12.2 Å². The highest BCUT2D eigenvalue weighted by molar-refractivity contribution is 7.80. The molecule has 0 aliphatic heterocycles. The Kier molecular flexibility index (Phi) is 24.2. The van der Waals surface area contributed by atoms with Gasteiger partial charge in [0.15, 0.2) is 0 Å². The maximum atomic E-state index is 11.3. The van der Waals surface area contributed by atoms with Crippen molar-refractivity contribution in [2.45, 2.75) is 129 Å². The number of rotatable bonds is 22. The van der Waals surface area contributed by atoms with Gasteiger partial charge in [0.1, 0.15) is 6.61 Å². The van der Waals surface area contributed by atoms with Gasteiger partial charge in [0.25, 0.3) is 0 Å². The molecule has 0 N–H and O–H groups in total. The predicted octanol–water partition coefficient (Wildman–Crippen LogP) is 8.45. The summed E-state index contributed by atoms with van der Waals surface area (Å²) in [6.45, 7) is 2.71. The Morgan fingerprint density at radius 2 is 1.11 bits per heavy atom. The standard InChI is InChI=1S/C25H48O2S/c1-2-3-4-5-6-7-8-9-10-11-12-13-14-15-16-17-18-19-20-21-22-25(26)27-23-24-28/h18-19,28H,2-17,20-24H2,1H3/b19-18+. The van der Waals surface area contributed by atoms with Crippen LogP contribution in [0.2, 0.25) is 0 Å². The van der Waals surface area contributed by atoms with Crippen LogP contribution in [-0.4, -0.2) is 18.3 Å². The molecule has 0 aliphatic carbocycles. The minimum absolute atomic E-state index is 0.0927. The smallest absolute Gasteiger partial charge is 0.305 e. The SMILES string of the molecule is CCCCCCCCCCCCCCCCC/C=C/CCCC(=O)OCCS. The number of thiol groups is 1. The first kappa shape index (κ1) is 27.6. The van der Waals surface area contributed by atoms with Gasteiger partial charge in [-0.2, -0.15) is 12.6 Å².